The van der Waals surface area contributed by atoms with Crippen molar-refractivity contribution in [3.8, 4) is 5.75 Å². The van der Waals surface area contributed by atoms with E-state index in [2.05, 4.69) is 10.3 Å². The van der Waals surface area contributed by atoms with E-state index in [0.29, 0.717) is 17.5 Å². The summed E-state index contributed by atoms with van der Waals surface area (Å²) >= 11 is 5.88. The number of nitrogens with zero attached hydrogens (tertiary/aromatic N) is 1. The molecule has 0 radical (unpaired) electrons. The molecule has 1 aromatic heterocycles. The molecule has 20 heavy (non-hydrogen) atoms. The maximum absolute atomic E-state index is 9.38. The highest BCUT2D eigenvalue weighted by molar-refractivity contribution is 6.32. The van der Waals surface area contributed by atoms with Crippen LogP contribution in [0.5, 0.6) is 5.75 Å². The Bertz CT molecular complexity index is 768. The Labute approximate surface area is 121 Å². The molecule has 0 aliphatic carbocycles. The van der Waals surface area contributed by atoms with Crippen LogP contribution in [0.2, 0.25) is 5.02 Å². The minimum Gasteiger partial charge on any atom is -0.506 e. The molecular formula is C15H13ClN2O2. The van der Waals surface area contributed by atoms with Crippen LogP contribution in [0, 0.1) is 6.92 Å². The molecule has 0 atom stereocenters. The van der Waals surface area contributed by atoms with Gasteiger partial charge < -0.3 is 14.8 Å². The van der Waals surface area contributed by atoms with Gasteiger partial charge in [-0.1, -0.05) is 17.7 Å². The predicted molar refractivity (Wildman–Crippen MR) is 79.2 cm³/mol. The van der Waals surface area contributed by atoms with E-state index in [9.17, 15) is 5.11 Å². The molecular weight excluding hydrogens is 276 g/mol. The topological polar surface area (TPSA) is 58.3 Å². The summed E-state index contributed by atoms with van der Waals surface area (Å²) in [6.07, 6.45) is 0. The highest BCUT2D eigenvalue weighted by atomic mass is 35.5. The number of fused-ring (bicyclic) bond motifs is 1. The van der Waals surface area contributed by atoms with Crippen molar-refractivity contribution < 1.29 is 9.52 Å². The SMILES string of the molecule is Cc1nc2cc(NCc3ccc(O)c(Cl)c3)ccc2o1. The largest absolute Gasteiger partial charge is 0.506 e. The lowest BCUT2D eigenvalue weighted by atomic mass is 10.2. The number of oxazole rings is 1. The maximum atomic E-state index is 9.38. The third kappa shape index (κ3) is 2.56. The Morgan fingerprint density at radius 2 is 2.10 bits per heavy atom. The minimum atomic E-state index is 0.0925. The molecule has 5 heteroatoms. The lowest BCUT2D eigenvalue weighted by molar-refractivity contribution is 0.475. The Hall–Kier alpha value is -2.20. The average molecular weight is 289 g/mol. The summed E-state index contributed by atoms with van der Waals surface area (Å²) < 4.78 is 5.43. The van der Waals surface area contributed by atoms with Gasteiger partial charge >= 0.3 is 0 Å². The van der Waals surface area contributed by atoms with Crippen molar-refractivity contribution in [1.29, 1.82) is 0 Å². The second-order valence-electron chi connectivity index (χ2n) is 4.55. The number of hydrogen-bond donors (Lipinski definition) is 2. The fourth-order valence-corrected chi connectivity index (χ4v) is 2.22. The minimum absolute atomic E-state index is 0.0925. The first-order valence-electron chi connectivity index (χ1n) is 6.20. The van der Waals surface area contributed by atoms with Gasteiger partial charge in [-0.3, -0.25) is 0 Å². The maximum Gasteiger partial charge on any atom is 0.192 e. The van der Waals surface area contributed by atoms with Crippen LogP contribution in [-0.2, 0) is 6.54 Å². The van der Waals surface area contributed by atoms with Crippen LogP contribution in [-0.4, -0.2) is 10.1 Å². The zero-order valence-corrected chi connectivity index (χ0v) is 11.6. The Morgan fingerprint density at radius 1 is 1.25 bits per heavy atom. The zero-order chi connectivity index (χ0) is 14.1. The van der Waals surface area contributed by atoms with Gasteiger partial charge in [0.05, 0.1) is 5.02 Å². The molecule has 2 N–H and O–H groups in total. The Kier molecular flexibility index (Phi) is 3.24. The number of halogens is 1. The van der Waals surface area contributed by atoms with Gasteiger partial charge in [0.2, 0.25) is 0 Å². The summed E-state index contributed by atoms with van der Waals surface area (Å²) in [5, 5.41) is 13.0. The van der Waals surface area contributed by atoms with Gasteiger partial charge in [0.25, 0.3) is 0 Å². The van der Waals surface area contributed by atoms with Crippen molar-refractivity contribution in [3.05, 3.63) is 52.9 Å². The molecule has 0 aliphatic heterocycles. The molecule has 0 saturated carbocycles. The molecule has 0 unspecified atom stereocenters. The molecule has 3 aromatic rings. The second-order valence-corrected chi connectivity index (χ2v) is 4.96. The lowest BCUT2D eigenvalue weighted by Gasteiger charge is -2.07. The fraction of sp³-hybridized carbons (Fsp3) is 0.133. The molecule has 0 amide bonds. The predicted octanol–water partition coefficient (Wildman–Crippen LogP) is 4.11. The van der Waals surface area contributed by atoms with Crippen LogP contribution in [0.15, 0.2) is 40.8 Å². The molecule has 0 spiro atoms. The number of aromatic nitrogens is 1. The van der Waals surface area contributed by atoms with Gasteiger partial charge in [0, 0.05) is 19.2 Å². The highest BCUT2D eigenvalue weighted by Gasteiger charge is 2.04. The summed E-state index contributed by atoms with van der Waals surface area (Å²) in [6, 6.07) is 10.9. The van der Waals surface area contributed by atoms with Crippen molar-refractivity contribution >= 4 is 28.4 Å². The summed E-state index contributed by atoms with van der Waals surface area (Å²) in [5.74, 6) is 0.748. The van der Waals surface area contributed by atoms with Gasteiger partial charge in [-0.2, -0.15) is 0 Å². The van der Waals surface area contributed by atoms with Gasteiger partial charge in [-0.05, 0) is 35.9 Å². The molecule has 102 valence electrons. The van der Waals surface area contributed by atoms with Crippen molar-refractivity contribution in [2.45, 2.75) is 13.5 Å². The van der Waals surface area contributed by atoms with Gasteiger partial charge in [0.15, 0.2) is 11.5 Å². The number of benzene rings is 2. The molecule has 0 aliphatic rings. The standard InChI is InChI=1S/C15H13ClN2O2/c1-9-18-13-7-11(3-5-15(13)20-9)17-8-10-2-4-14(19)12(16)6-10/h2-7,17,19H,8H2,1H3. The number of phenols is 1. The van der Waals surface area contributed by atoms with Crippen LogP contribution >= 0.6 is 11.6 Å². The highest BCUT2D eigenvalue weighted by Crippen LogP contribution is 2.24. The summed E-state index contributed by atoms with van der Waals surface area (Å²) in [7, 11) is 0. The van der Waals surface area contributed by atoms with Gasteiger partial charge in [-0.15, -0.1) is 0 Å². The van der Waals surface area contributed by atoms with Crippen molar-refractivity contribution in [2.75, 3.05) is 5.32 Å². The van der Waals surface area contributed by atoms with Crippen LogP contribution < -0.4 is 5.32 Å². The number of aryl methyl sites for hydroxylation is 1. The quantitative estimate of drug-likeness (QED) is 0.761. The van der Waals surface area contributed by atoms with E-state index in [1.54, 1.807) is 12.1 Å². The number of nitrogens with one attached hydrogen (secondary N) is 1. The second kappa shape index (κ2) is 5.06. The van der Waals surface area contributed by atoms with Crippen molar-refractivity contribution in [3.63, 3.8) is 0 Å². The number of rotatable bonds is 3. The summed E-state index contributed by atoms with van der Waals surface area (Å²) in [5.41, 5.74) is 3.55. The number of hydrogen-bond acceptors (Lipinski definition) is 4. The van der Waals surface area contributed by atoms with E-state index in [0.717, 1.165) is 22.4 Å². The van der Waals surface area contributed by atoms with Crippen LogP contribution in [0.1, 0.15) is 11.5 Å². The zero-order valence-electron chi connectivity index (χ0n) is 10.9. The molecule has 1 heterocycles. The van der Waals surface area contributed by atoms with Gasteiger partial charge in [0.1, 0.15) is 11.3 Å². The van der Waals surface area contributed by atoms with Crippen LogP contribution in [0.25, 0.3) is 11.1 Å². The van der Waals surface area contributed by atoms with Crippen LogP contribution in [0.3, 0.4) is 0 Å². The van der Waals surface area contributed by atoms with E-state index in [1.807, 2.05) is 31.2 Å². The third-order valence-electron chi connectivity index (χ3n) is 3.00. The van der Waals surface area contributed by atoms with Crippen LogP contribution in [0.4, 0.5) is 5.69 Å². The van der Waals surface area contributed by atoms with E-state index in [-0.39, 0.29) is 5.75 Å². The normalized spacial score (nSPS) is 10.9. The average Bonchev–Trinajstić information content (AvgIpc) is 2.79. The number of phenolic OH excluding ortho intramolecular Hbond substituents is 1. The molecule has 0 bridgehead atoms. The van der Waals surface area contributed by atoms with E-state index in [4.69, 9.17) is 16.0 Å². The summed E-state index contributed by atoms with van der Waals surface area (Å²) in [4.78, 5) is 4.29. The molecule has 2 aromatic carbocycles. The van der Waals surface area contributed by atoms with E-state index in [1.165, 1.54) is 0 Å². The van der Waals surface area contributed by atoms with Crippen molar-refractivity contribution in [2.24, 2.45) is 0 Å². The lowest BCUT2D eigenvalue weighted by Crippen LogP contribution is -1.99. The summed E-state index contributed by atoms with van der Waals surface area (Å²) in [6.45, 7) is 2.44. The Morgan fingerprint density at radius 3 is 2.90 bits per heavy atom. The third-order valence-corrected chi connectivity index (χ3v) is 3.31. The Balaban J connectivity index is 1.77. The van der Waals surface area contributed by atoms with Gasteiger partial charge in [-0.25, -0.2) is 4.98 Å². The first-order chi connectivity index (χ1) is 9.61. The van der Waals surface area contributed by atoms with Crippen molar-refractivity contribution in [1.82, 2.24) is 4.98 Å². The van der Waals surface area contributed by atoms with E-state index < -0.39 is 0 Å². The molecule has 0 saturated heterocycles. The van der Waals surface area contributed by atoms with E-state index >= 15 is 0 Å². The fourth-order valence-electron chi connectivity index (χ4n) is 2.02. The molecule has 0 fully saturated rings. The molecule has 3 rings (SSSR count). The monoisotopic (exact) mass is 288 g/mol. The molecule has 4 nitrogen and oxygen atoms in total. The number of aromatic hydroxyl groups is 1. The first-order valence-corrected chi connectivity index (χ1v) is 6.58. The smallest absolute Gasteiger partial charge is 0.192 e. The number of anilines is 1. The first kappa shape index (κ1) is 12.8.